The van der Waals surface area contributed by atoms with E-state index in [1.165, 1.54) is 0 Å². The van der Waals surface area contributed by atoms with Gasteiger partial charge in [-0.1, -0.05) is 49.7 Å². The lowest BCUT2D eigenvalue weighted by Crippen LogP contribution is -2.29. The number of para-hydroxylation sites is 1. The minimum atomic E-state index is -0.174. The molecule has 3 heterocycles. The largest absolute Gasteiger partial charge is 0.351 e. The monoisotopic (exact) mass is 543 g/mol. The summed E-state index contributed by atoms with van der Waals surface area (Å²) in [5, 5.41) is 7.46. The molecule has 6 nitrogen and oxygen atoms in total. The third-order valence-corrected chi connectivity index (χ3v) is 7.54. The predicted octanol–water partition coefficient (Wildman–Crippen LogP) is 6.91. The first-order valence-corrected chi connectivity index (χ1v) is 13.4. The second-order valence-electron chi connectivity index (χ2n) is 9.80. The molecule has 2 aromatic heterocycles. The zero-order valence-electron chi connectivity index (χ0n) is 21.8. The summed E-state index contributed by atoms with van der Waals surface area (Å²) in [4.78, 5) is 19.0. The summed E-state index contributed by atoms with van der Waals surface area (Å²) >= 11 is 12.6. The lowest BCUT2D eigenvalue weighted by Gasteiger charge is -2.28. The van der Waals surface area contributed by atoms with Crippen LogP contribution >= 0.6 is 23.8 Å². The number of carbonyl (C=O) groups is 1. The van der Waals surface area contributed by atoms with Gasteiger partial charge in [0, 0.05) is 34.9 Å². The highest BCUT2D eigenvalue weighted by molar-refractivity contribution is 7.80. The van der Waals surface area contributed by atoms with Crippen molar-refractivity contribution in [3.63, 3.8) is 0 Å². The van der Waals surface area contributed by atoms with Crippen LogP contribution in [0.3, 0.4) is 0 Å². The summed E-state index contributed by atoms with van der Waals surface area (Å²) in [7, 11) is 0. The maximum absolute atomic E-state index is 12.3. The van der Waals surface area contributed by atoms with Crippen molar-refractivity contribution in [3.05, 3.63) is 107 Å². The summed E-state index contributed by atoms with van der Waals surface area (Å²) in [6.07, 6.45) is 1.80. The number of carbonyl (C=O) groups excluding carboxylic acids is 1. The first-order valence-electron chi connectivity index (χ1n) is 12.6. The predicted molar refractivity (Wildman–Crippen MR) is 158 cm³/mol. The van der Waals surface area contributed by atoms with E-state index in [1.807, 2.05) is 68.4 Å². The normalized spacial score (nSPS) is 17.1. The van der Waals surface area contributed by atoms with Gasteiger partial charge in [0.15, 0.2) is 5.11 Å². The Morgan fingerprint density at radius 2 is 1.76 bits per heavy atom. The number of nitrogens with zero attached hydrogens (tertiary/aromatic N) is 3. The number of thiocarbonyl (C=S) groups is 1. The number of hydrogen-bond donors (Lipinski definition) is 2. The average molecular weight is 544 g/mol. The molecule has 1 aliphatic heterocycles. The highest BCUT2D eigenvalue weighted by Crippen LogP contribution is 2.44. The molecular formula is C30H30ClN5OS. The van der Waals surface area contributed by atoms with Gasteiger partial charge in [0.1, 0.15) is 0 Å². The van der Waals surface area contributed by atoms with Crippen LogP contribution < -0.4 is 15.5 Å². The third-order valence-electron chi connectivity index (χ3n) is 6.91. The van der Waals surface area contributed by atoms with Gasteiger partial charge in [0.2, 0.25) is 5.91 Å². The number of amides is 1. The number of halogens is 1. The second-order valence-corrected chi connectivity index (χ2v) is 10.6. The molecule has 194 valence electrons. The molecule has 0 bridgehead atoms. The zero-order valence-corrected chi connectivity index (χ0v) is 23.3. The van der Waals surface area contributed by atoms with Crippen molar-refractivity contribution in [3.8, 4) is 5.69 Å². The van der Waals surface area contributed by atoms with E-state index >= 15 is 0 Å². The number of nitrogens with one attached hydrogen (secondary N) is 2. The molecule has 38 heavy (non-hydrogen) atoms. The van der Waals surface area contributed by atoms with Crippen LogP contribution in [-0.4, -0.2) is 20.6 Å². The van der Waals surface area contributed by atoms with Crippen molar-refractivity contribution in [2.75, 3.05) is 10.2 Å². The Bertz CT molecular complexity index is 1490. The Hall–Kier alpha value is -3.68. The molecule has 2 atom stereocenters. The van der Waals surface area contributed by atoms with Gasteiger partial charge in [0.25, 0.3) is 0 Å². The Morgan fingerprint density at radius 1 is 1.03 bits per heavy atom. The fourth-order valence-corrected chi connectivity index (χ4v) is 5.61. The van der Waals surface area contributed by atoms with Gasteiger partial charge in [-0.2, -0.15) is 0 Å². The molecule has 0 spiro atoms. The number of hydrogen-bond acceptors (Lipinski definition) is 3. The smallest absolute Gasteiger partial charge is 0.226 e. The molecule has 4 aromatic rings. The van der Waals surface area contributed by atoms with Crippen molar-refractivity contribution < 1.29 is 4.79 Å². The zero-order chi connectivity index (χ0) is 27.0. The summed E-state index contributed by atoms with van der Waals surface area (Å²) in [6.45, 7) is 7.95. The number of anilines is 2. The molecule has 0 aliphatic carbocycles. The van der Waals surface area contributed by atoms with Crippen LogP contribution in [0.5, 0.6) is 0 Å². The van der Waals surface area contributed by atoms with Crippen molar-refractivity contribution in [1.82, 2.24) is 14.9 Å². The van der Waals surface area contributed by atoms with E-state index in [1.54, 1.807) is 6.20 Å². The summed E-state index contributed by atoms with van der Waals surface area (Å²) < 4.78 is 2.27. The van der Waals surface area contributed by atoms with Gasteiger partial charge in [-0.05, 0) is 80.2 Å². The highest BCUT2D eigenvalue weighted by atomic mass is 35.5. The molecule has 0 saturated carbocycles. The van der Waals surface area contributed by atoms with E-state index in [9.17, 15) is 4.79 Å². The third kappa shape index (κ3) is 4.79. The maximum Gasteiger partial charge on any atom is 0.226 e. The van der Waals surface area contributed by atoms with Crippen molar-refractivity contribution in [2.45, 2.75) is 39.8 Å². The van der Waals surface area contributed by atoms with E-state index in [-0.39, 0.29) is 23.9 Å². The SMILES string of the molecule is Cc1cc([C@H]2[C@H](c3ccccn3)NC(=S)N2c2ccc(NC(=O)C(C)C)c(Cl)c2)c(C)n1-c1ccccc1. The number of rotatable bonds is 6. The minimum absolute atomic E-state index is 0.0838. The van der Waals surface area contributed by atoms with Crippen molar-refractivity contribution in [1.29, 1.82) is 0 Å². The molecule has 1 fully saturated rings. The Morgan fingerprint density at radius 3 is 2.42 bits per heavy atom. The van der Waals surface area contributed by atoms with Gasteiger partial charge in [-0.15, -0.1) is 0 Å². The van der Waals surface area contributed by atoms with Gasteiger partial charge < -0.3 is 20.1 Å². The van der Waals surface area contributed by atoms with Crippen LogP contribution in [-0.2, 0) is 4.79 Å². The topological polar surface area (TPSA) is 62.2 Å². The molecule has 1 aliphatic rings. The lowest BCUT2D eigenvalue weighted by atomic mass is 9.96. The summed E-state index contributed by atoms with van der Waals surface area (Å²) in [5.41, 5.74) is 6.82. The number of aryl methyl sites for hydroxylation is 1. The standard InChI is InChI=1S/C30H30ClN5OS/c1-18(2)29(37)33-25-14-13-22(17-24(25)31)36-28(27(34-30(36)38)26-12-8-9-15-32-26)23-16-19(3)35(20(23)4)21-10-6-5-7-11-21/h5-18,27-28H,1-4H3,(H,33,37)(H,34,38)/t27-,28-/m0/s1. The quantitative estimate of drug-likeness (QED) is 0.259. The van der Waals surface area contributed by atoms with Crippen LogP contribution in [0.4, 0.5) is 11.4 Å². The molecule has 2 aromatic carbocycles. The Balaban J connectivity index is 1.61. The number of benzene rings is 2. The molecule has 0 radical (unpaired) electrons. The van der Waals surface area contributed by atoms with E-state index in [2.05, 4.69) is 57.1 Å². The minimum Gasteiger partial charge on any atom is -0.351 e. The molecule has 1 saturated heterocycles. The maximum atomic E-state index is 12.3. The van der Waals surface area contributed by atoms with E-state index < -0.39 is 0 Å². The van der Waals surface area contributed by atoms with Crippen molar-refractivity contribution in [2.24, 2.45) is 5.92 Å². The van der Waals surface area contributed by atoms with Crippen LogP contribution in [0, 0.1) is 19.8 Å². The molecule has 1 amide bonds. The van der Waals surface area contributed by atoms with Gasteiger partial charge in [0.05, 0.1) is 28.5 Å². The molecule has 5 rings (SSSR count). The van der Waals surface area contributed by atoms with Crippen LogP contribution in [0.1, 0.15) is 48.6 Å². The van der Waals surface area contributed by atoms with E-state index in [0.29, 0.717) is 15.8 Å². The van der Waals surface area contributed by atoms with Crippen LogP contribution in [0.15, 0.2) is 79.0 Å². The number of pyridine rings is 1. The van der Waals surface area contributed by atoms with Crippen molar-refractivity contribution >= 4 is 46.2 Å². The van der Waals surface area contributed by atoms with Gasteiger partial charge in [-0.3, -0.25) is 9.78 Å². The Kier molecular flexibility index (Phi) is 7.23. The first-order chi connectivity index (χ1) is 18.3. The van der Waals surface area contributed by atoms with Crippen LogP contribution in [0.2, 0.25) is 5.02 Å². The second kappa shape index (κ2) is 10.6. The van der Waals surface area contributed by atoms with E-state index in [4.69, 9.17) is 23.8 Å². The first kappa shape index (κ1) is 25.9. The molecule has 8 heteroatoms. The van der Waals surface area contributed by atoms with Gasteiger partial charge >= 0.3 is 0 Å². The lowest BCUT2D eigenvalue weighted by molar-refractivity contribution is -0.118. The molecule has 0 unspecified atom stereocenters. The average Bonchev–Trinajstić information content (AvgIpc) is 3.41. The van der Waals surface area contributed by atoms with Crippen LogP contribution in [0.25, 0.3) is 5.69 Å². The number of aromatic nitrogens is 2. The summed E-state index contributed by atoms with van der Waals surface area (Å²) in [6, 6.07) is 23.8. The van der Waals surface area contributed by atoms with E-state index in [0.717, 1.165) is 34.0 Å². The summed E-state index contributed by atoms with van der Waals surface area (Å²) in [5.74, 6) is -0.232. The fourth-order valence-electron chi connectivity index (χ4n) is 5.04. The van der Waals surface area contributed by atoms with Gasteiger partial charge in [-0.25, -0.2) is 0 Å². The highest BCUT2D eigenvalue weighted by Gasteiger charge is 2.42. The Labute approximate surface area is 233 Å². The fraction of sp³-hybridized carbons (Fsp3) is 0.233. The molecular weight excluding hydrogens is 514 g/mol. The molecule has 2 N–H and O–H groups in total.